The van der Waals surface area contributed by atoms with Crippen molar-refractivity contribution in [1.29, 1.82) is 0 Å². The van der Waals surface area contributed by atoms with Crippen LogP contribution in [-0.4, -0.2) is 47.0 Å². The van der Waals surface area contributed by atoms with Crippen molar-refractivity contribution >= 4 is 27.5 Å². The van der Waals surface area contributed by atoms with Crippen LogP contribution in [0.1, 0.15) is 13.3 Å². The molecule has 3 N–H and O–H groups in total. The third-order valence-electron chi connectivity index (χ3n) is 2.76. The smallest absolute Gasteiger partial charge is 0.241 e. The molecular weight excluding hydrogens is 322 g/mol. The molecule has 0 aliphatic rings. The van der Waals surface area contributed by atoms with Crippen molar-refractivity contribution in [2.75, 3.05) is 32.1 Å². The maximum absolute atomic E-state index is 12.0. The molecule has 1 aromatic rings. The Morgan fingerprint density at radius 1 is 1.17 bits per heavy atom. The second-order valence-electron chi connectivity index (χ2n) is 4.73. The molecule has 1 aromatic carbocycles. The highest BCUT2D eigenvalue weighted by molar-refractivity contribution is 7.89. The zero-order valence-electron chi connectivity index (χ0n) is 13.1. The molecule has 0 fully saturated rings. The molecule has 0 saturated heterocycles. The van der Waals surface area contributed by atoms with E-state index < -0.39 is 15.9 Å². The molecule has 0 heterocycles. The topological polar surface area (TPSA) is 114 Å². The summed E-state index contributed by atoms with van der Waals surface area (Å²) in [5, 5.41) is 5.12. The average molecular weight is 343 g/mol. The van der Waals surface area contributed by atoms with Crippen molar-refractivity contribution in [3.8, 4) is 0 Å². The number of carbonyl (C=O) groups is 2. The van der Waals surface area contributed by atoms with Crippen LogP contribution in [0.25, 0.3) is 0 Å². The number of hydrogen-bond acceptors (Lipinski definition) is 5. The highest BCUT2D eigenvalue weighted by Crippen LogP contribution is 2.13. The highest BCUT2D eigenvalue weighted by atomic mass is 32.2. The van der Waals surface area contributed by atoms with Gasteiger partial charge < -0.3 is 15.4 Å². The number of benzene rings is 1. The first-order valence-corrected chi connectivity index (χ1v) is 8.46. The average Bonchev–Trinajstić information content (AvgIpc) is 2.50. The van der Waals surface area contributed by atoms with Gasteiger partial charge in [-0.2, -0.15) is 0 Å². The van der Waals surface area contributed by atoms with E-state index >= 15 is 0 Å². The standard InChI is InChI=1S/C14H21N3O5S/c1-11(18)17-12-4-6-13(7-5-12)23(20,21)16-10-14(19)15-8-3-9-22-2/h4-7,16H,3,8-10H2,1-2H3,(H,15,19)(H,17,18). The molecule has 0 radical (unpaired) electrons. The summed E-state index contributed by atoms with van der Waals surface area (Å²) in [6.45, 7) is 1.95. The molecule has 23 heavy (non-hydrogen) atoms. The summed E-state index contributed by atoms with van der Waals surface area (Å²) in [5.74, 6) is -0.663. The van der Waals surface area contributed by atoms with Gasteiger partial charge in [0.15, 0.2) is 0 Å². The molecule has 0 aliphatic carbocycles. The summed E-state index contributed by atoms with van der Waals surface area (Å²) < 4.78 is 31.2. The Balaban J connectivity index is 2.52. The number of rotatable bonds is 9. The minimum Gasteiger partial charge on any atom is -0.385 e. The maximum atomic E-state index is 12.0. The fraction of sp³-hybridized carbons (Fsp3) is 0.429. The van der Waals surface area contributed by atoms with Gasteiger partial charge >= 0.3 is 0 Å². The van der Waals surface area contributed by atoms with Gasteiger partial charge in [0, 0.05) is 32.9 Å². The second-order valence-corrected chi connectivity index (χ2v) is 6.49. The number of hydrogen-bond donors (Lipinski definition) is 3. The van der Waals surface area contributed by atoms with Crippen LogP contribution in [-0.2, 0) is 24.3 Å². The number of ether oxygens (including phenoxy) is 1. The molecule has 2 amide bonds. The molecule has 0 spiro atoms. The van der Waals surface area contributed by atoms with Crippen molar-refractivity contribution in [3.63, 3.8) is 0 Å². The van der Waals surface area contributed by atoms with Crippen molar-refractivity contribution in [2.24, 2.45) is 0 Å². The molecule has 1 rings (SSSR count). The SMILES string of the molecule is COCCCNC(=O)CNS(=O)(=O)c1ccc(NC(C)=O)cc1. The fourth-order valence-electron chi connectivity index (χ4n) is 1.67. The van der Waals surface area contributed by atoms with Crippen LogP contribution in [0.2, 0.25) is 0 Å². The summed E-state index contributed by atoms with van der Waals surface area (Å²) in [6.07, 6.45) is 0.652. The van der Waals surface area contributed by atoms with E-state index in [2.05, 4.69) is 15.4 Å². The Kier molecular flexibility index (Phi) is 7.66. The molecule has 9 heteroatoms. The van der Waals surface area contributed by atoms with Gasteiger partial charge in [-0.1, -0.05) is 0 Å². The number of sulfonamides is 1. The van der Waals surface area contributed by atoms with Gasteiger partial charge in [-0.3, -0.25) is 9.59 Å². The third kappa shape index (κ3) is 7.22. The van der Waals surface area contributed by atoms with Crippen LogP contribution in [0.5, 0.6) is 0 Å². The van der Waals surface area contributed by atoms with Crippen LogP contribution in [0.15, 0.2) is 29.2 Å². The molecule has 0 saturated carbocycles. The van der Waals surface area contributed by atoms with Crippen LogP contribution in [0, 0.1) is 0 Å². The summed E-state index contributed by atoms with van der Waals surface area (Å²) in [7, 11) is -2.22. The van der Waals surface area contributed by atoms with Gasteiger partial charge in [-0.15, -0.1) is 0 Å². The number of amides is 2. The van der Waals surface area contributed by atoms with Gasteiger partial charge in [-0.25, -0.2) is 13.1 Å². The molecule has 0 atom stereocenters. The largest absolute Gasteiger partial charge is 0.385 e. The summed E-state index contributed by atoms with van der Waals surface area (Å²) >= 11 is 0. The van der Waals surface area contributed by atoms with E-state index in [9.17, 15) is 18.0 Å². The first-order valence-electron chi connectivity index (χ1n) is 6.98. The molecule has 0 unspecified atom stereocenters. The van der Waals surface area contributed by atoms with E-state index in [0.29, 0.717) is 25.3 Å². The summed E-state index contributed by atoms with van der Waals surface area (Å²) in [5.41, 5.74) is 0.493. The zero-order chi connectivity index (χ0) is 17.3. The predicted octanol–water partition coefficient (Wildman–Crippen LogP) is 0.0760. The highest BCUT2D eigenvalue weighted by Gasteiger charge is 2.15. The zero-order valence-corrected chi connectivity index (χ0v) is 13.9. The Labute approximate surface area is 135 Å². The minimum atomic E-state index is -3.78. The van der Waals surface area contributed by atoms with Gasteiger partial charge in [-0.05, 0) is 30.7 Å². The quantitative estimate of drug-likeness (QED) is 0.549. The lowest BCUT2D eigenvalue weighted by molar-refractivity contribution is -0.120. The van der Waals surface area contributed by atoms with Crippen LogP contribution < -0.4 is 15.4 Å². The monoisotopic (exact) mass is 343 g/mol. The van der Waals surface area contributed by atoms with E-state index in [-0.39, 0.29) is 17.3 Å². The second kappa shape index (κ2) is 9.23. The lowest BCUT2D eigenvalue weighted by atomic mass is 10.3. The van der Waals surface area contributed by atoms with Crippen molar-refractivity contribution in [3.05, 3.63) is 24.3 Å². The Morgan fingerprint density at radius 2 is 1.83 bits per heavy atom. The van der Waals surface area contributed by atoms with Crippen molar-refractivity contribution in [1.82, 2.24) is 10.0 Å². The van der Waals surface area contributed by atoms with Crippen LogP contribution in [0.4, 0.5) is 5.69 Å². The fourth-order valence-corrected chi connectivity index (χ4v) is 2.65. The number of anilines is 1. The Bertz CT molecular complexity index is 628. The molecule has 0 bridgehead atoms. The van der Waals surface area contributed by atoms with E-state index in [1.165, 1.54) is 31.2 Å². The van der Waals surface area contributed by atoms with Gasteiger partial charge in [0.1, 0.15) is 0 Å². The number of nitrogens with one attached hydrogen (secondary N) is 3. The Hall–Kier alpha value is -1.97. The van der Waals surface area contributed by atoms with Gasteiger partial charge in [0.05, 0.1) is 11.4 Å². The number of carbonyl (C=O) groups excluding carboxylic acids is 2. The van der Waals surface area contributed by atoms with E-state index in [0.717, 1.165) is 0 Å². The predicted molar refractivity (Wildman–Crippen MR) is 85.4 cm³/mol. The van der Waals surface area contributed by atoms with E-state index in [1.807, 2.05) is 0 Å². The molecule has 0 aromatic heterocycles. The molecule has 8 nitrogen and oxygen atoms in total. The first-order chi connectivity index (χ1) is 10.8. The third-order valence-corrected chi connectivity index (χ3v) is 4.17. The normalized spacial score (nSPS) is 11.0. The Morgan fingerprint density at radius 3 is 2.39 bits per heavy atom. The van der Waals surface area contributed by atoms with Gasteiger partial charge in [0.2, 0.25) is 21.8 Å². The van der Waals surface area contributed by atoms with Crippen LogP contribution >= 0.6 is 0 Å². The lowest BCUT2D eigenvalue weighted by Gasteiger charge is -2.08. The molecular formula is C14H21N3O5S. The van der Waals surface area contributed by atoms with E-state index in [4.69, 9.17) is 4.74 Å². The van der Waals surface area contributed by atoms with Crippen molar-refractivity contribution < 1.29 is 22.7 Å². The van der Waals surface area contributed by atoms with Gasteiger partial charge in [0.25, 0.3) is 0 Å². The van der Waals surface area contributed by atoms with Crippen molar-refractivity contribution in [2.45, 2.75) is 18.2 Å². The molecule has 128 valence electrons. The maximum Gasteiger partial charge on any atom is 0.241 e. The lowest BCUT2D eigenvalue weighted by Crippen LogP contribution is -2.37. The van der Waals surface area contributed by atoms with E-state index in [1.54, 1.807) is 7.11 Å². The summed E-state index contributed by atoms with van der Waals surface area (Å²) in [4.78, 5) is 22.5. The minimum absolute atomic E-state index is 0.0128. The summed E-state index contributed by atoms with van der Waals surface area (Å²) in [6, 6.07) is 5.65. The molecule has 0 aliphatic heterocycles. The number of methoxy groups -OCH3 is 1. The first kappa shape index (κ1) is 19.1. The van der Waals surface area contributed by atoms with Crippen LogP contribution in [0.3, 0.4) is 0 Å².